The third-order valence-corrected chi connectivity index (χ3v) is 2.70. The van der Waals surface area contributed by atoms with Crippen molar-refractivity contribution in [2.45, 2.75) is 0 Å². The van der Waals surface area contributed by atoms with Gasteiger partial charge in [-0.2, -0.15) is 0 Å². The minimum absolute atomic E-state index is 0.245. The minimum Gasteiger partial charge on any atom is -0.493 e. The number of benzene rings is 2. The van der Waals surface area contributed by atoms with Gasteiger partial charge in [0.1, 0.15) is 5.82 Å². The third-order valence-electron chi connectivity index (χ3n) is 2.70. The number of methoxy groups -OCH3 is 2. The highest BCUT2D eigenvalue weighted by atomic mass is 19.1. The summed E-state index contributed by atoms with van der Waals surface area (Å²) in [6.07, 6.45) is 0. The summed E-state index contributed by atoms with van der Waals surface area (Å²) in [6, 6.07) is 9.74. The van der Waals surface area contributed by atoms with E-state index in [1.165, 1.54) is 6.07 Å². The van der Waals surface area contributed by atoms with Gasteiger partial charge in [0.15, 0.2) is 11.5 Å². The average molecular weight is 262 g/mol. The molecule has 0 saturated carbocycles. The van der Waals surface area contributed by atoms with E-state index in [1.54, 1.807) is 44.6 Å². The van der Waals surface area contributed by atoms with E-state index in [0.717, 1.165) is 0 Å². The molecule has 0 aliphatic rings. The highest BCUT2D eigenvalue weighted by Crippen LogP contribution is 2.33. The van der Waals surface area contributed by atoms with Gasteiger partial charge in [-0.25, -0.2) is 4.39 Å². The van der Waals surface area contributed by atoms with Crippen LogP contribution in [0, 0.1) is 5.82 Å². The molecule has 0 fully saturated rings. The van der Waals surface area contributed by atoms with Gasteiger partial charge in [-0.05, 0) is 24.3 Å². The summed E-state index contributed by atoms with van der Waals surface area (Å²) in [4.78, 5) is 0. The first kappa shape index (κ1) is 13.0. The van der Waals surface area contributed by atoms with Crippen LogP contribution >= 0.6 is 0 Å². The molecule has 3 N–H and O–H groups in total. The molecule has 0 atom stereocenters. The first-order valence-electron chi connectivity index (χ1n) is 5.68. The molecule has 4 nitrogen and oxygen atoms in total. The molecular formula is C14H15FN2O2. The molecule has 0 unspecified atom stereocenters. The van der Waals surface area contributed by atoms with E-state index in [4.69, 9.17) is 15.2 Å². The van der Waals surface area contributed by atoms with Crippen molar-refractivity contribution in [3.63, 3.8) is 0 Å². The number of para-hydroxylation sites is 1. The van der Waals surface area contributed by atoms with Crippen molar-refractivity contribution >= 4 is 17.1 Å². The summed E-state index contributed by atoms with van der Waals surface area (Å²) in [5, 5.41) is 2.93. The molecule has 0 aromatic heterocycles. The highest BCUT2D eigenvalue weighted by Gasteiger charge is 2.09. The Hall–Kier alpha value is -2.43. The van der Waals surface area contributed by atoms with Crippen molar-refractivity contribution in [1.82, 2.24) is 0 Å². The van der Waals surface area contributed by atoms with Gasteiger partial charge in [-0.1, -0.05) is 6.07 Å². The molecule has 2 aromatic carbocycles. The van der Waals surface area contributed by atoms with Crippen molar-refractivity contribution in [1.29, 1.82) is 0 Å². The van der Waals surface area contributed by atoms with Gasteiger partial charge >= 0.3 is 0 Å². The number of rotatable bonds is 4. The lowest BCUT2D eigenvalue weighted by molar-refractivity contribution is 0.355. The maximum Gasteiger partial charge on any atom is 0.162 e. The van der Waals surface area contributed by atoms with Crippen LogP contribution in [-0.4, -0.2) is 14.2 Å². The molecule has 2 rings (SSSR count). The van der Waals surface area contributed by atoms with Crippen molar-refractivity contribution in [2.24, 2.45) is 0 Å². The predicted molar refractivity (Wildman–Crippen MR) is 73.6 cm³/mol. The van der Waals surface area contributed by atoms with Gasteiger partial charge in [0.25, 0.3) is 0 Å². The Kier molecular flexibility index (Phi) is 3.75. The third kappa shape index (κ3) is 2.70. The zero-order valence-electron chi connectivity index (χ0n) is 10.7. The second-order valence-corrected chi connectivity index (χ2v) is 3.90. The lowest BCUT2D eigenvalue weighted by atomic mass is 10.2. The largest absolute Gasteiger partial charge is 0.493 e. The van der Waals surface area contributed by atoms with Gasteiger partial charge in [0.05, 0.1) is 25.6 Å². The van der Waals surface area contributed by atoms with Gasteiger partial charge in [-0.15, -0.1) is 0 Å². The van der Waals surface area contributed by atoms with E-state index in [2.05, 4.69) is 5.32 Å². The smallest absolute Gasteiger partial charge is 0.162 e. The van der Waals surface area contributed by atoms with E-state index < -0.39 is 5.82 Å². The minimum atomic E-state index is -0.408. The normalized spacial score (nSPS) is 10.1. The van der Waals surface area contributed by atoms with Crippen molar-refractivity contribution < 1.29 is 13.9 Å². The van der Waals surface area contributed by atoms with E-state index in [0.29, 0.717) is 22.9 Å². The Morgan fingerprint density at radius 2 is 1.79 bits per heavy atom. The van der Waals surface area contributed by atoms with Crippen LogP contribution in [0.15, 0.2) is 36.4 Å². The molecule has 0 spiro atoms. The van der Waals surface area contributed by atoms with E-state index in [-0.39, 0.29) is 5.69 Å². The van der Waals surface area contributed by atoms with E-state index in [9.17, 15) is 4.39 Å². The molecule has 0 aliphatic heterocycles. The van der Waals surface area contributed by atoms with E-state index in [1.807, 2.05) is 0 Å². The molecule has 0 amide bonds. The number of nitrogen functional groups attached to an aromatic ring is 1. The monoisotopic (exact) mass is 262 g/mol. The number of nitrogens with one attached hydrogen (secondary N) is 1. The van der Waals surface area contributed by atoms with Gasteiger partial charge in [0, 0.05) is 11.8 Å². The molecule has 5 heteroatoms. The fraction of sp³-hybridized carbons (Fsp3) is 0.143. The molecule has 0 saturated heterocycles. The van der Waals surface area contributed by atoms with Crippen LogP contribution in [0.5, 0.6) is 11.5 Å². The Bertz CT molecular complexity index is 567. The van der Waals surface area contributed by atoms with Crippen molar-refractivity contribution in [2.75, 3.05) is 25.3 Å². The molecule has 100 valence electrons. The Balaban J connectivity index is 2.33. The van der Waals surface area contributed by atoms with E-state index >= 15 is 0 Å². The average Bonchev–Trinajstić information content (AvgIpc) is 2.42. The topological polar surface area (TPSA) is 56.5 Å². The van der Waals surface area contributed by atoms with Crippen LogP contribution in [0.2, 0.25) is 0 Å². The fourth-order valence-corrected chi connectivity index (χ4v) is 1.73. The maximum absolute atomic E-state index is 13.7. The molecule has 19 heavy (non-hydrogen) atoms. The van der Waals surface area contributed by atoms with Gasteiger partial charge < -0.3 is 20.5 Å². The summed E-state index contributed by atoms with van der Waals surface area (Å²) >= 11 is 0. The second-order valence-electron chi connectivity index (χ2n) is 3.90. The van der Waals surface area contributed by atoms with Crippen LogP contribution in [-0.2, 0) is 0 Å². The van der Waals surface area contributed by atoms with Crippen LogP contribution in [0.3, 0.4) is 0 Å². The zero-order valence-corrected chi connectivity index (χ0v) is 10.7. The Morgan fingerprint density at radius 3 is 2.42 bits per heavy atom. The van der Waals surface area contributed by atoms with Crippen LogP contribution < -0.4 is 20.5 Å². The van der Waals surface area contributed by atoms with Gasteiger partial charge in [0.2, 0.25) is 0 Å². The summed E-state index contributed by atoms with van der Waals surface area (Å²) in [5.74, 6) is 0.756. The number of hydrogen-bond acceptors (Lipinski definition) is 4. The van der Waals surface area contributed by atoms with Gasteiger partial charge in [-0.3, -0.25) is 0 Å². The number of halogens is 1. The first-order chi connectivity index (χ1) is 9.15. The molecular weight excluding hydrogens is 247 g/mol. The second kappa shape index (κ2) is 5.48. The molecule has 0 heterocycles. The lowest BCUT2D eigenvalue weighted by Gasteiger charge is -2.13. The molecule has 0 aliphatic carbocycles. The molecule has 0 bridgehead atoms. The first-order valence-corrected chi connectivity index (χ1v) is 5.68. The predicted octanol–water partition coefficient (Wildman–Crippen LogP) is 3.17. The highest BCUT2D eigenvalue weighted by molar-refractivity contribution is 5.74. The molecule has 2 aromatic rings. The zero-order chi connectivity index (χ0) is 13.8. The van der Waals surface area contributed by atoms with Crippen molar-refractivity contribution in [3.05, 3.63) is 42.2 Å². The van der Waals surface area contributed by atoms with Crippen LogP contribution in [0.25, 0.3) is 0 Å². The molecule has 0 radical (unpaired) electrons. The summed E-state index contributed by atoms with van der Waals surface area (Å²) < 4.78 is 24.0. The Morgan fingerprint density at radius 1 is 1.05 bits per heavy atom. The van der Waals surface area contributed by atoms with Crippen molar-refractivity contribution in [3.8, 4) is 11.5 Å². The summed E-state index contributed by atoms with van der Waals surface area (Å²) in [5.41, 5.74) is 6.99. The fourth-order valence-electron chi connectivity index (χ4n) is 1.73. The SMILES string of the molecule is COc1ccc(Nc2c(N)cccc2F)cc1OC. The number of anilines is 3. The number of hydrogen-bond donors (Lipinski definition) is 2. The summed E-state index contributed by atoms with van der Waals surface area (Å²) in [6.45, 7) is 0. The quantitative estimate of drug-likeness (QED) is 0.831. The number of nitrogens with two attached hydrogens (primary N) is 1. The lowest BCUT2D eigenvalue weighted by Crippen LogP contribution is -2.00. The van der Waals surface area contributed by atoms with Crippen LogP contribution in [0.1, 0.15) is 0 Å². The maximum atomic E-state index is 13.7. The summed E-state index contributed by atoms with van der Waals surface area (Å²) in [7, 11) is 3.10. The standard InChI is InChI=1S/C14H15FN2O2/c1-18-12-7-6-9(8-13(12)19-2)17-14-10(15)4-3-5-11(14)16/h3-8,17H,16H2,1-2H3. The Labute approximate surface area is 111 Å². The number of ether oxygens (including phenoxy) is 2. The van der Waals surface area contributed by atoms with Crippen LogP contribution in [0.4, 0.5) is 21.5 Å².